The van der Waals surface area contributed by atoms with Gasteiger partial charge >= 0.3 is 5.97 Å². The fourth-order valence-electron chi connectivity index (χ4n) is 10.1. The monoisotopic (exact) mass is 914 g/mol. The Bertz CT molecular complexity index is 1760. The van der Waals surface area contributed by atoms with Crippen molar-refractivity contribution < 1.29 is 63.0 Å². The van der Waals surface area contributed by atoms with Gasteiger partial charge in [0.05, 0.1) is 30.5 Å². The lowest BCUT2D eigenvalue weighted by Gasteiger charge is -2.42. The van der Waals surface area contributed by atoms with Crippen LogP contribution in [-0.2, 0) is 47.7 Å². The minimum Gasteiger partial charge on any atom is -0.460 e. The number of aliphatic hydroxyl groups excluding tert-OH is 2. The van der Waals surface area contributed by atoms with Crippen LogP contribution in [0.15, 0.2) is 47.6 Å². The highest BCUT2D eigenvalue weighted by Crippen LogP contribution is 2.38. The van der Waals surface area contributed by atoms with Gasteiger partial charge in [0.15, 0.2) is 11.6 Å². The number of cyclic esters (lactones) is 1. The third kappa shape index (κ3) is 14.3. The summed E-state index contributed by atoms with van der Waals surface area (Å²) in [4.78, 5) is 71.7. The molecule has 15 atom stereocenters. The molecular formula is C51H79NO13. The SMILES string of the molecule is COC1CC2CC[C@@H](C)C(O)(O2)C(=O)C(=O)N2CCCCC2C(=O)OC(C(C)CC2CCC(O)C(OC)C2)CC(=O)C(C)=CC(C)C(O)C(OC)C(=O)[C@H](C)CC(C)C=CC=CC=C1C. The molecule has 0 radical (unpaired) electrons. The average molecular weight is 914 g/mol. The number of amides is 1. The van der Waals surface area contributed by atoms with Crippen LogP contribution in [0.4, 0.5) is 0 Å². The van der Waals surface area contributed by atoms with E-state index in [1.807, 2.05) is 58.1 Å². The van der Waals surface area contributed by atoms with Gasteiger partial charge < -0.3 is 43.9 Å². The Balaban J connectivity index is 1.70. The van der Waals surface area contributed by atoms with Crippen molar-refractivity contribution in [3.63, 3.8) is 0 Å². The molecule has 65 heavy (non-hydrogen) atoms. The molecule has 0 aromatic rings. The van der Waals surface area contributed by atoms with Crippen molar-refractivity contribution in [3.05, 3.63) is 47.6 Å². The van der Waals surface area contributed by atoms with Crippen LogP contribution in [0.3, 0.4) is 0 Å². The molecule has 2 saturated heterocycles. The molecule has 13 unspecified atom stereocenters. The van der Waals surface area contributed by atoms with Crippen LogP contribution in [0.1, 0.15) is 126 Å². The third-order valence-corrected chi connectivity index (χ3v) is 14.5. The van der Waals surface area contributed by atoms with Gasteiger partial charge in [0.25, 0.3) is 11.7 Å². The second-order valence-electron chi connectivity index (χ2n) is 19.6. The number of carbonyl (C=O) groups excluding carboxylic acids is 5. The first-order valence-electron chi connectivity index (χ1n) is 23.9. The lowest BCUT2D eigenvalue weighted by molar-refractivity contribution is -0.265. The number of allylic oxidation sites excluding steroid dienone is 6. The number of hydrogen-bond donors (Lipinski definition) is 3. The summed E-state index contributed by atoms with van der Waals surface area (Å²) in [6.45, 7) is 12.7. The van der Waals surface area contributed by atoms with Gasteiger partial charge in [-0.1, -0.05) is 71.1 Å². The number of ether oxygens (including phenoxy) is 5. The molecule has 3 N–H and O–H groups in total. The summed E-state index contributed by atoms with van der Waals surface area (Å²) in [5.74, 6) is -7.93. The number of nitrogens with zero attached hydrogens (tertiary/aromatic N) is 1. The summed E-state index contributed by atoms with van der Waals surface area (Å²) in [7, 11) is 4.53. The van der Waals surface area contributed by atoms with Gasteiger partial charge in [-0.3, -0.25) is 19.2 Å². The van der Waals surface area contributed by atoms with Gasteiger partial charge in [0, 0.05) is 58.5 Å². The zero-order valence-electron chi connectivity index (χ0n) is 40.6. The maximum absolute atomic E-state index is 14.4. The molecule has 1 aliphatic carbocycles. The van der Waals surface area contributed by atoms with E-state index in [4.69, 9.17) is 23.7 Å². The smallest absolute Gasteiger partial charge is 0.329 e. The van der Waals surface area contributed by atoms with E-state index in [0.717, 1.165) is 12.0 Å². The van der Waals surface area contributed by atoms with Gasteiger partial charge in [-0.2, -0.15) is 0 Å². The first kappa shape index (κ1) is 54.2. The molecule has 3 aliphatic heterocycles. The van der Waals surface area contributed by atoms with E-state index in [9.17, 15) is 39.3 Å². The van der Waals surface area contributed by atoms with Gasteiger partial charge in [-0.05, 0) is 107 Å². The number of fused-ring (bicyclic) bond motifs is 3. The predicted molar refractivity (Wildman–Crippen MR) is 245 cm³/mol. The normalized spacial score (nSPS) is 37.8. The summed E-state index contributed by atoms with van der Waals surface area (Å²) >= 11 is 0. The number of piperidine rings is 1. The summed E-state index contributed by atoms with van der Waals surface area (Å²) in [6.07, 6.45) is 11.2. The second kappa shape index (κ2) is 25.1. The van der Waals surface area contributed by atoms with E-state index >= 15 is 0 Å². The molecule has 2 bridgehead atoms. The van der Waals surface area contributed by atoms with Crippen molar-refractivity contribution in [2.24, 2.45) is 35.5 Å². The summed E-state index contributed by atoms with van der Waals surface area (Å²) in [6, 6.07) is -1.14. The summed E-state index contributed by atoms with van der Waals surface area (Å²) in [5.41, 5.74) is 1.19. The number of aliphatic hydroxyl groups is 3. The number of hydrogen-bond acceptors (Lipinski definition) is 13. The first-order chi connectivity index (χ1) is 30.7. The average Bonchev–Trinajstić information content (AvgIpc) is 3.28. The van der Waals surface area contributed by atoms with Crippen LogP contribution in [-0.4, -0.2) is 132 Å². The molecule has 0 aromatic carbocycles. The predicted octanol–water partition coefficient (Wildman–Crippen LogP) is 6.18. The van der Waals surface area contributed by atoms with E-state index in [0.29, 0.717) is 63.4 Å². The molecule has 14 nitrogen and oxygen atoms in total. The molecule has 4 rings (SSSR count). The van der Waals surface area contributed by atoms with Crippen LogP contribution >= 0.6 is 0 Å². The van der Waals surface area contributed by atoms with E-state index in [-0.39, 0.29) is 54.8 Å². The minimum absolute atomic E-state index is 0.0220. The molecule has 0 spiro atoms. The molecule has 14 heteroatoms. The van der Waals surface area contributed by atoms with Crippen LogP contribution in [0.2, 0.25) is 0 Å². The maximum Gasteiger partial charge on any atom is 0.329 e. The molecular weight excluding hydrogens is 835 g/mol. The zero-order chi connectivity index (χ0) is 48.2. The standard InChI is InChI=1S/C51H79NO13/c1-30-16-12-11-13-17-31(2)42(61-8)28-38-21-19-36(7)51(60,65-38)48(57)49(58)52-23-15-14-18-39(52)50(59)64-43(33(4)26-37-20-22-40(53)44(27-37)62-9)29-41(54)32(3)25-35(6)46(56)47(63-10)45(55)34(5)24-30/h11-13,16-17,25,30,33-40,42-44,46-47,53,56,60H,14-15,18-24,26-29H2,1-10H3/t30?,33?,34-,35?,36-,37?,38?,39?,40?,42?,43?,44?,46?,47?,51?/m1/s1. The van der Waals surface area contributed by atoms with E-state index < -0.39 is 83.9 Å². The number of rotatable bonds is 6. The van der Waals surface area contributed by atoms with Crippen molar-refractivity contribution in [1.82, 2.24) is 4.90 Å². The Kier molecular flexibility index (Phi) is 21.0. The summed E-state index contributed by atoms with van der Waals surface area (Å²) in [5, 5.41) is 33.9. The molecule has 1 amide bonds. The minimum atomic E-state index is -2.43. The number of Topliss-reactive ketones (excluding diaryl/α,β-unsaturated/α-hetero) is 3. The molecule has 4 aliphatic rings. The van der Waals surface area contributed by atoms with Crippen molar-refractivity contribution in [2.45, 2.75) is 180 Å². The van der Waals surface area contributed by atoms with Crippen molar-refractivity contribution >= 4 is 29.2 Å². The molecule has 3 fully saturated rings. The lowest BCUT2D eigenvalue weighted by Crippen LogP contribution is -2.61. The van der Waals surface area contributed by atoms with Gasteiger partial charge in [-0.25, -0.2) is 4.79 Å². The Morgan fingerprint density at radius 1 is 0.862 bits per heavy atom. The van der Waals surface area contributed by atoms with Crippen LogP contribution < -0.4 is 0 Å². The Morgan fingerprint density at radius 2 is 1.58 bits per heavy atom. The van der Waals surface area contributed by atoms with Crippen LogP contribution in [0.5, 0.6) is 0 Å². The molecule has 366 valence electrons. The third-order valence-electron chi connectivity index (χ3n) is 14.5. The second-order valence-corrected chi connectivity index (χ2v) is 19.6. The van der Waals surface area contributed by atoms with Gasteiger partial charge in [-0.15, -0.1) is 0 Å². The van der Waals surface area contributed by atoms with Crippen LogP contribution in [0, 0.1) is 35.5 Å². The largest absolute Gasteiger partial charge is 0.460 e. The highest BCUT2D eigenvalue weighted by molar-refractivity contribution is 6.39. The van der Waals surface area contributed by atoms with Crippen molar-refractivity contribution in [1.29, 1.82) is 0 Å². The number of ketones is 3. The van der Waals surface area contributed by atoms with Gasteiger partial charge in [0.1, 0.15) is 18.2 Å². The zero-order valence-corrected chi connectivity index (χ0v) is 40.6. The van der Waals surface area contributed by atoms with Crippen LogP contribution in [0.25, 0.3) is 0 Å². The Hall–Kier alpha value is -3.37. The first-order valence-corrected chi connectivity index (χ1v) is 23.9. The molecule has 0 aromatic heterocycles. The fourth-order valence-corrected chi connectivity index (χ4v) is 10.1. The molecule has 1 saturated carbocycles. The highest BCUT2D eigenvalue weighted by atomic mass is 16.6. The van der Waals surface area contributed by atoms with E-state index in [1.165, 1.54) is 12.0 Å². The topological polar surface area (TPSA) is 195 Å². The lowest BCUT2D eigenvalue weighted by atomic mass is 9.78. The molecule has 3 heterocycles. The quantitative estimate of drug-likeness (QED) is 0.202. The number of methoxy groups -OCH3 is 3. The number of esters is 1. The van der Waals surface area contributed by atoms with E-state index in [2.05, 4.69) is 0 Å². The Labute approximate surface area is 387 Å². The van der Waals surface area contributed by atoms with Crippen molar-refractivity contribution in [2.75, 3.05) is 27.9 Å². The summed E-state index contributed by atoms with van der Waals surface area (Å²) < 4.78 is 29.4. The van der Waals surface area contributed by atoms with Gasteiger partial charge in [0.2, 0.25) is 5.79 Å². The van der Waals surface area contributed by atoms with E-state index in [1.54, 1.807) is 41.1 Å². The fraction of sp³-hybridized carbons (Fsp3) is 0.745. The van der Waals surface area contributed by atoms with Crippen molar-refractivity contribution in [3.8, 4) is 0 Å². The maximum atomic E-state index is 14.4. The highest BCUT2D eigenvalue weighted by Gasteiger charge is 2.53. The number of carbonyl (C=O) groups is 5. The Morgan fingerprint density at radius 3 is 2.26 bits per heavy atom.